The number of carbonyl (C=O) groups is 2. The van der Waals surface area contributed by atoms with Crippen molar-refractivity contribution in [1.29, 1.82) is 0 Å². The van der Waals surface area contributed by atoms with Gasteiger partial charge in [-0.2, -0.15) is 0 Å². The van der Waals surface area contributed by atoms with E-state index in [2.05, 4.69) is 5.32 Å². The van der Waals surface area contributed by atoms with Gasteiger partial charge in [0, 0.05) is 27.2 Å². The van der Waals surface area contributed by atoms with E-state index in [9.17, 15) is 9.59 Å². The Morgan fingerprint density at radius 2 is 2.00 bits per heavy atom. The molecule has 0 aromatic carbocycles. The molecule has 0 saturated heterocycles. The summed E-state index contributed by atoms with van der Waals surface area (Å²) in [6, 6.07) is -0.217. The Morgan fingerprint density at radius 3 is 2.41 bits per heavy atom. The highest BCUT2D eigenvalue weighted by Crippen LogP contribution is 1.98. The Morgan fingerprint density at radius 1 is 1.41 bits per heavy atom. The first-order valence-electron chi connectivity index (χ1n) is 5.60. The molecule has 0 aliphatic rings. The van der Waals surface area contributed by atoms with Crippen LogP contribution in [0.2, 0.25) is 0 Å². The zero-order valence-corrected chi connectivity index (χ0v) is 10.9. The summed E-state index contributed by atoms with van der Waals surface area (Å²) in [4.78, 5) is 23.7. The standard InChI is InChI=1S/C11H22N2O4/c1-8(2)7-13(3)11(16)12-6-9(17-4)5-10(14)15/h8-9H,5-7H2,1-4H3,(H,12,16)(H,14,15). The number of hydrogen-bond acceptors (Lipinski definition) is 3. The van der Waals surface area contributed by atoms with Crippen LogP contribution in [0.4, 0.5) is 4.79 Å². The maximum atomic E-state index is 11.6. The zero-order valence-electron chi connectivity index (χ0n) is 10.9. The van der Waals surface area contributed by atoms with E-state index in [0.717, 1.165) is 0 Å². The lowest BCUT2D eigenvalue weighted by Gasteiger charge is -2.21. The van der Waals surface area contributed by atoms with E-state index in [1.807, 2.05) is 13.8 Å². The monoisotopic (exact) mass is 246 g/mol. The number of hydrogen-bond donors (Lipinski definition) is 2. The van der Waals surface area contributed by atoms with Gasteiger partial charge < -0.3 is 20.1 Å². The van der Waals surface area contributed by atoms with Crippen LogP contribution in [0.15, 0.2) is 0 Å². The molecule has 0 spiro atoms. The smallest absolute Gasteiger partial charge is 0.317 e. The fraction of sp³-hybridized carbons (Fsp3) is 0.818. The van der Waals surface area contributed by atoms with Crippen LogP contribution in [0.1, 0.15) is 20.3 Å². The highest BCUT2D eigenvalue weighted by atomic mass is 16.5. The second kappa shape index (κ2) is 7.89. The van der Waals surface area contributed by atoms with Gasteiger partial charge in [-0.1, -0.05) is 13.8 Å². The molecule has 1 atom stereocenters. The van der Waals surface area contributed by atoms with Gasteiger partial charge in [0.2, 0.25) is 0 Å². The second-order valence-corrected chi connectivity index (χ2v) is 4.42. The first-order chi connectivity index (χ1) is 7.86. The van der Waals surface area contributed by atoms with E-state index in [-0.39, 0.29) is 19.0 Å². The number of urea groups is 1. The largest absolute Gasteiger partial charge is 0.481 e. The summed E-state index contributed by atoms with van der Waals surface area (Å²) < 4.78 is 4.96. The van der Waals surface area contributed by atoms with Gasteiger partial charge >= 0.3 is 12.0 Å². The molecule has 17 heavy (non-hydrogen) atoms. The summed E-state index contributed by atoms with van der Waals surface area (Å²) in [5, 5.41) is 11.2. The number of carboxylic acids is 1. The van der Waals surface area contributed by atoms with Crippen molar-refractivity contribution >= 4 is 12.0 Å². The van der Waals surface area contributed by atoms with Crippen LogP contribution in [0.3, 0.4) is 0 Å². The quantitative estimate of drug-likeness (QED) is 0.695. The number of nitrogens with zero attached hydrogens (tertiary/aromatic N) is 1. The van der Waals surface area contributed by atoms with Crippen molar-refractivity contribution in [3.05, 3.63) is 0 Å². The number of carbonyl (C=O) groups excluding carboxylic acids is 1. The molecular formula is C11H22N2O4. The Bertz CT molecular complexity index is 256. The maximum absolute atomic E-state index is 11.6. The predicted octanol–water partition coefficient (Wildman–Crippen LogP) is 0.773. The van der Waals surface area contributed by atoms with Gasteiger partial charge in [-0.3, -0.25) is 4.79 Å². The molecule has 6 nitrogen and oxygen atoms in total. The highest BCUT2D eigenvalue weighted by molar-refractivity contribution is 5.74. The highest BCUT2D eigenvalue weighted by Gasteiger charge is 2.15. The zero-order chi connectivity index (χ0) is 13.4. The SMILES string of the molecule is COC(CNC(=O)N(C)CC(C)C)CC(=O)O. The van der Waals surface area contributed by atoms with Gasteiger partial charge in [-0.05, 0) is 5.92 Å². The van der Waals surface area contributed by atoms with Crippen LogP contribution in [-0.2, 0) is 9.53 Å². The third-order valence-corrected chi connectivity index (χ3v) is 2.20. The molecule has 0 aromatic rings. The number of aliphatic carboxylic acids is 1. The maximum Gasteiger partial charge on any atom is 0.317 e. The van der Waals surface area contributed by atoms with Gasteiger partial charge in [0.1, 0.15) is 0 Å². The first-order valence-corrected chi connectivity index (χ1v) is 5.60. The van der Waals surface area contributed by atoms with Gasteiger partial charge in [0.05, 0.1) is 12.5 Å². The number of ether oxygens (including phenoxy) is 1. The predicted molar refractivity (Wildman–Crippen MR) is 63.9 cm³/mol. The van der Waals surface area contributed by atoms with E-state index in [0.29, 0.717) is 12.5 Å². The molecule has 2 amide bonds. The average molecular weight is 246 g/mol. The minimum atomic E-state index is -0.943. The summed E-state index contributed by atoms with van der Waals surface area (Å²) in [7, 11) is 3.13. The van der Waals surface area contributed by atoms with Crippen LogP contribution in [0.25, 0.3) is 0 Å². The normalized spacial score (nSPS) is 12.3. The molecule has 6 heteroatoms. The minimum absolute atomic E-state index is 0.120. The van der Waals surface area contributed by atoms with Gasteiger partial charge in [0.15, 0.2) is 0 Å². The third-order valence-electron chi connectivity index (χ3n) is 2.20. The first kappa shape index (κ1) is 15.7. The Hall–Kier alpha value is -1.30. The van der Waals surface area contributed by atoms with Gasteiger partial charge in [-0.15, -0.1) is 0 Å². The molecule has 0 fully saturated rings. The second-order valence-electron chi connectivity index (χ2n) is 4.42. The van der Waals surface area contributed by atoms with E-state index >= 15 is 0 Å². The van der Waals surface area contributed by atoms with Crippen molar-refractivity contribution in [1.82, 2.24) is 10.2 Å². The number of carboxylic acid groups (broad SMARTS) is 1. The summed E-state index contributed by atoms with van der Waals surface area (Å²) in [5.74, 6) is -0.551. The summed E-state index contributed by atoms with van der Waals surface area (Å²) in [5.41, 5.74) is 0. The number of methoxy groups -OCH3 is 1. The summed E-state index contributed by atoms with van der Waals surface area (Å²) in [6.07, 6.45) is -0.617. The molecule has 1 unspecified atom stereocenters. The molecule has 0 aliphatic carbocycles. The van der Waals surface area contributed by atoms with Crippen molar-refractivity contribution in [2.45, 2.75) is 26.4 Å². The van der Waals surface area contributed by atoms with Gasteiger partial charge in [-0.25, -0.2) is 4.79 Å². The van der Waals surface area contributed by atoms with Crippen molar-refractivity contribution in [3.8, 4) is 0 Å². The van der Waals surface area contributed by atoms with Crippen LogP contribution in [0, 0.1) is 5.92 Å². The lowest BCUT2D eigenvalue weighted by Crippen LogP contribution is -2.43. The molecule has 0 saturated carbocycles. The number of rotatable bonds is 7. The molecule has 0 heterocycles. The van der Waals surface area contributed by atoms with Crippen LogP contribution in [-0.4, -0.2) is 55.4 Å². The molecule has 0 rings (SSSR count). The topological polar surface area (TPSA) is 78.9 Å². The molecule has 2 N–H and O–H groups in total. The fourth-order valence-corrected chi connectivity index (χ4v) is 1.40. The van der Waals surface area contributed by atoms with Crippen LogP contribution >= 0.6 is 0 Å². The fourth-order valence-electron chi connectivity index (χ4n) is 1.40. The Labute approximate surface area is 102 Å². The van der Waals surface area contributed by atoms with E-state index < -0.39 is 12.1 Å². The van der Waals surface area contributed by atoms with E-state index in [1.54, 1.807) is 11.9 Å². The lowest BCUT2D eigenvalue weighted by atomic mass is 10.2. The molecule has 0 radical (unpaired) electrons. The minimum Gasteiger partial charge on any atom is -0.481 e. The summed E-state index contributed by atoms with van der Waals surface area (Å²) >= 11 is 0. The Balaban J connectivity index is 3.99. The van der Waals surface area contributed by atoms with E-state index in [4.69, 9.17) is 9.84 Å². The summed E-state index contributed by atoms with van der Waals surface area (Å²) in [6.45, 7) is 4.89. The molecule has 100 valence electrons. The Kier molecular flexibility index (Phi) is 7.29. The lowest BCUT2D eigenvalue weighted by molar-refractivity contribution is -0.139. The number of nitrogens with one attached hydrogen (secondary N) is 1. The van der Waals surface area contributed by atoms with Crippen LogP contribution < -0.4 is 5.32 Å². The van der Waals surface area contributed by atoms with Crippen molar-refractivity contribution in [2.75, 3.05) is 27.2 Å². The third kappa shape index (κ3) is 7.57. The average Bonchev–Trinajstić information content (AvgIpc) is 2.22. The molecule has 0 aliphatic heterocycles. The molecule has 0 bridgehead atoms. The number of amides is 2. The van der Waals surface area contributed by atoms with Crippen molar-refractivity contribution in [3.63, 3.8) is 0 Å². The van der Waals surface area contributed by atoms with Crippen LogP contribution in [0.5, 0.6) is 0 Å². The van der Waals surface area contributed by atoms with Crippen molar-refractivity contribution < 1.29 is 19.4 Å². The van der Waals surface area contributed by atoms with Crippen molar-refractivity contribution in [2.24, 2.45) is 5.92 Å². The van der Waals surface area contributed by atoms with Gasteiger partial charge in [0.25, 0.3) is 0 Å². The molecule has 0 aromatic heterocycles. The molecular weight excluding hydrogens is 224 g/mol. The van der Waals surface area contributed by atoms with E-state index in [1.165, 1.54) is 7.11 Å².